The number of aliphatic hydroxyl groups excluding tert-OH is 1. The molecule has 1 rings (SSSR count). The van der Waals surface area contributed by atoms with Crippen molar-refractivity contribution in [1.82, 2.24) is 0 Å². The van der Waals surface area contributed by atoms with E-state index in [0.717, 1.165) is 0 Å². The molecule has 90 valence electrons. The van der Waals surface area contributed by atoms with Gasteiger partial charge in [0, 0.05) is 23.6 Å². The van der Waals surface area contributed by atoms with Crippen LogP contribution in [-0.2, 0) is 0 Å². The molecule has 0 aliphatic rings. The molecule has 0 spiro atoms. The molecule has 0 aromatic heterocycles. The molecule has 0 radical (unpaired) electrons. The van der Waals surface area contributed by atoms with Gasteiger partial charge in [-0.25, -0.2) is 4.39 Å². The van der Waals surface area contributed by atoms with Crippen molar-refractivity contribution in [3.63, 3.8) is 0 Å². The van der Waals surface area contributed by atoms with Gasteiger partial charge in [-0.2, -0.15) is 0 Å². The Balaban J connectivity index is 3.20. The third-order valence-corrected chi connectivity index (χ3v) is 2.92. The summed E-state index contributed by atoms with van der Waals surface area (Å²) in [5.74, 6) is -1.07. The second-order valence-corrected chi connectivity index (χ2v) is 4.76. The van der Waals surface area contributed by atoms with Gasteiger partial charge in [0.2, 0.25) is 0 Å². The molecule has 3 nitrogen and oxygen atoms in total. The highest BCUT2D eigenvalue weighted by molar-refractivity contribution is 5.40. The maximum atomic E-state index is 13.5. The Morgan fingerprint density at radius 2 is 2.00 bits per heavy atom. The number of phenols is 1. The second-order valence-electron chi connectivity index (χ2n) is 4.76. The average Bonchev–Trinajstić information content (AvgIpc) is 2.25. The molecule has 1 aromatic rings. The van der Waals surface area contributed by atoms with Crippen molar-refractivity contribution >= 4 is 0 Å². The summed E-state index contributed by atoms with van der Waals surface area (Å²) in [5.41, 5.74) is 6.00. The van der Waals surface area contributed by atoms with Crippen LogP contribution in [0.1, 0.15) is 31.0 Å². The molecule has 0 bridgehead atoms. The van der Waals surface area contributed by atoms with Crippen LogP contribution in [0.15, 0.2) is 12.1 Å². The van der Waals surface area contributed by atoms with Gasteiger partial charge in [-0.05, 0) is 12.5 Å². The number of rotatable bonds is 3. The van der Waals surface area contributed by atoms with Crippen molar-refractivity contribution in [3.05, 3.63) is 29.1 Å². The normalized spacial score (nSPS) is 13.9. The van der Waals surface area contributed by atoms with Gasteiger partial charge in [0.15, 0.2) is 11.6 Å². The number of aromatic hydroxyl groups is 1. The van der Waals surface area contributed by atoms with E-state index in [1.54, 1.807) is 32.9 Å². The zero-order chi connectivity index (χ0) is 12.5. The number of hydrogen-bond acceptors (Lipinski definition) is 3. The first-order valence-electron chi connectivity index (χ1n) is 5.15. The molecule has 4 heteroatoms. The zero-order valence-electron chi connectivity index (χ0n) is 9.79. The van der Waals surface area contributed by atoms with E-state index < -0.39 is 23.0 Å². The summed E-state index contributed by atoms with van der Waals surface area (Å²) >= 11 is 0. The number of nitrogens with two attached hydrogens (primary N) is 1. The van der Waals surface area contributed by atoms with E-state index in [2.05, 4.69) is 0 Å². The molecule has 16 heavy (non-hydrogen) atoms. The van der Waals surface area contributed by atoms with Gasteiger partial charge in [-0.3, -0.25) is 0 Å². The SMILES string of the molecule is Cc1ccc([C@@H](N)C(C)(C)CO)c(O)c1F. The lowest BCUT2D eigenvalue weighted by molar-refractivity contribution is 0.131. The van der Waals surface area contributed by atoms with Crippen LogP contribution in [-0.4, -0.2) is 16.8 Å². The maximum Gasteiger partial charge on any atom is 0.168 e. The molecule has 1 atom stereocenters. The summed E-state index contributed by atoms with van der Waals surface area (Å²) in [6, 6.07) is 2.54. The summed E-state index contributed by atoms with van der Waals surface area (Å²) in [6.45, 7) is 4.95. The lowest BCUT2D eigenvalue weighted by Crippen LogP contribution is -2.32. The Morgan fingerprint density at radius 3 is 2.50 bits per heavy atom. The van der Waals surface area contributed by atoms with Gasteiger partial charge in [0.05, 0.1) is 0 Å². The maximum absolute atomic E-state index is 13.5. The van der Waals surface area contributed by atoms with Crippen molar-refractivity contribution in [2.24, 2.45) is 11.1 Å². The highest BCUT2D eigenvalue weighted by Crippen LogP contribution is 2.37. The van der Waals surface area contributed by atoms with Crippen molar-refractivity contribution in [2.75, 3.05) is 6.61 Å². The van der Waals surface area contributed by atoms with E-state index in [1.807, 2.05) is 0 Å². The van der Waals surface area contributed by atoms with Gasteiger partial charge < -0.3 is 15.9 Å². The number of phenolic OH excluding ortho intramolecular Hbond substituents is 1. The molecule has 0 saturated carbocycles. The summed E-state index contributed by atoms with van der Waals surface area (Å²) in [6.07, 6.45) is 0. The fourth-order valence-corrected chi connectivity index (χ4v) is 1.45. The van der Waals surface area contributed by atoms with E-state index in [9.17, 15) is 14.6 Å². The minimum atomic E-state index is -0.651. The first-order chi connectivity index (χ1) is 7.31. The fourth-order valence-electron chi connectivity index (χ4n) is 1.45. The van der Waals surface area contributed by atoms with E-state index in [0.29, 0.717) is 11.1 Å². The highest BCUT2D eigenvalue weighted by atomic mass is 19.1. The molecule has 1 aromatic carbocycles. The molecule has 0 heterocycles. The first-order valence-corrected chi connectivity index (χ1v) is 5.15. The Labute approximate surface area is 94.7 Å². The standard InChI is InChI=1S/C12H18FNO2/c1-7-4-5-8(10(16)9(7)13)11(14)12(2,3)6-15/h4-5,11,15-16H,6,14H2,1-3H3/t11-/m1/s1. The van der Waals surface area contributed by atoms with Gasteiger partial charge in [0.25, 0.3) is 0 Å². The van der Waals surface area contributed by atoms with Gasteiger partial charge >= 0.3 is 0 Å². The predicted molar refractivity (Wildman–Crippen MR) is 60.6 cm³/mol. The van der Waals surface area contributed by atoms with E-state index in [1.165, 1.54) is 0 Å². The number of aryl methyl sites for hydroxylation is 1. The van der Waals surface area contributed by atoms with E-state index >= 15 is 0 Å². The van der Waals surface area contributed by atoms with Crippen LogP contribution in [0, 0.1) is 18.2 Å². The molecule has 0 aliphatic carbocycles. The largest absolute Gasteiger partial charge is 0.505 e. The van der Waals surface area contributed by atoms with Crippen LogP contribution in [0.5, 0.6) is 5.75 Å². The Hall–Kier alpha value is -1.13. The second kappa shape index (κ2) is 4.39. The van der Waals surface area contributed by atoms with Crippen molar-refractivity contribution in [3.8, 4) is 5.75 Å². The van der Waals surface area contributed by atoms with Crippen LogP contribution < -0.4 is 5.73 Å². The first kappa shape index (κ1) is 12.9. The molecule has 0 fully saturated rings. The van der Waals surface area contributed by atoms with E-state index in [-0.39, 0.29) is 6.61 Å². The summed E-state index contributed by atoms with van der Waals surface area (Å²) in [7, 11) is 0. The molecule has 4 N–H and O–H groups in total. The molecular weight excluding hydrogens is 209 g/mol. The van der Waals surface area contributed by atoms with Crippen molar-refractivity contribution in [2.45, 2.75) is 26.8 Å². The quantitative estimate of drug-likeness (QED) is 0.738. The van der Waals surface area contributed by atoms with Crippen molar-refractivity contribution in [1.29, 1.82) is 0 Å². The fraction of sp³-hybridized carbons (Fsp3) is 0.500. The van der Waals surface area contributed by atoms with Crippen LogP contribution in [0.3, 0.4) is 0 Å². The van der Waals surface area contributed by atoms with E-state index in [4.69, 9.17) is 5.73 Å². The van der Waals surface area contributed by atoms with Crippen LogP contribution in [0.2, 0.25) is 0 Å². The summed E-state index contributed by atoms with van der Waals surface area (Å²) in [4.78, 5) is 0. The highest BCUT2D eigenvalue weighted by Gasteiger charge is 2.29. The Kier molecular flexibility index (Phi) is 3.55. The monoisotopic (exact) mass is 227 g/mol. The predicted octanol–water partition coefficient (Wildman–Crippen LogP) is 1.86. The van der Waals surface area contributed by atoms with Crippen molar-refractivity contribution < 1.29 is 14.6 Å². The lowest BCUT2D eigenvalue weighted by Gasteiger charge is -2.30. The smallest absolute Gasteiger partial charge is 0.168 e. The average molecular weight is 227 g/mol. The minimum absolute atomic E-state index is 0.136. The zero-order valence-corrected chi connectivity index (χ0v) is 9.79. The molecule has 0 unspecified atom stereocenters. The molecular formula is C12H18FNO2. The van der Waals surface area contributed by atoms with Crippen LogP contribution in [0.25, 0.3) is 0 Å². The Bertz CT molecular complexity index is 391. The van der Waals surface area contributed by atoms with Crippen LogP contribution in [0.4, 0.5) is 4.39 Å². The summed E-state index contributed by atoms with van der Waals surface area (Å²) in [5, 5.41) is 18.9. The molecule has 0 aliphatic heterocycles. The lowest BCUT2D eigenvalue weighted by atomic mass is 9.81. The molecule has 0 amide bonds. The van der Waals surface area contributed by atoms with Gasteiger partial charge in [-0.15, -0.1) is 0 Å². The topological polar surface area (TPSA) is 66.5 Å². The minimum Gasteiger partial charge on any atom is -0.505 e. The number of halogens is 1. The number of benzene rings is 1. The third kappa shape index (κ3) is 2.18. The number of aliphatic hydroxyl groups is 1. The molecule has 0 saturated heterocycles. The third-order valence-electron chi connectivity index (χ3n) is 2.92. The number of hydrogen-bond donors (Lipinski definition) is 3. The van der Waals surface area contributed by atoms with Crippen LogP contribution >= 0.6 is 0 Å². The summed E-state index contributed by atoms with van der Waals surface area (Å²) < 4.78 is 13.5. The Morgan fingerprint density at radius 1 is 1.44 bits per heavy atom. The van der Waals surface area contributed by atoms with Gasteiger partial charge in [-0.1, -0.05) is 26.0 Å². The van der Waals surface area contributed by atoms with Gasteiger partial charge in [0.1, 0.15) is 0 Å².